The van der Waals surface area contributed by atoms with Crippen molar-refractivity contribution in [3.05, 3.63) is 94.0 Å². The number of benzene rings is 3. The van der Waals surface area contributed by atoms with Crippen LogP contribution in [-0.4, -0.2) is 23.9 Å². The summed E-state index contributed by atoms with van der Waals surface area (Å²) in [5.74, 6) is 0.00409. The third-order valence-corrected chi connectivity index (χ3v) is 6.89. The van der Waals surface area contributed by atoms with Crippen molar-refractivity contribution in [2.45, 2.75) is 32.2 Å². The molecule has 0 saturated heterocycles. The SMILES string of the molecule is Cc1cccc(C)c1NS(=O)(=O)c1ccc(NC(=O)Cn2c(C)nc3ccccc3c2=O)cc1. The number of amides is 1. The molecule has 1 amide bonds. The number of hydrogen-bond donors (Lipinski definition) is 2. The number of fused-ring (bicyclic) bond motifs is 1. The molecule has 0 aliphatic rings. The normalized spacial score (nSPS) is 11.4. The van der Waals surface area contributed by atoms with E-state index in [0.717, 1.165) is 11.1 Å². The summed E-state index contributed by atoms with van der Waals surface area (Å²) < 4.78 is 29.6. The molecule has 0 fully saturated rings. The molecule has 1 heterocycles. The Morgan fingerprint density at radius 1 is 0.912 bits per heavy atom. The number of anilines is 2. The second kappa shape index (κ2) is 9.11. The number of carbonyl (C=O) groups is 1. The molecule has 0 aliphatic heterocycles. The minimum Gasteiger partial charge on any atom is -0.325 e. The van der Waals surface area contributed by atoms with Crippen LogP contribution in [0.2, 0.25) is 0 Å². The molecule has 1 aromatic heterocycles. The van der Waals surface area contributed by atoms with E-state index in [4.69, 9.17) is 0 Å². The van der Waals surface area contributed by atoms with Gasteiger partial charge >= 0.3 is 0 Å². The predicted octanol–water partition coefficient (Wildman–Crippen LogP) is 3.76. The molecule has 0 unspecified atom stereocenters. The van der Waals surface area contributed by atoms with Crippen molar-refractivity contribution in [3.63, 3.8) is 0 Å². The van der Waals surface area contributed by atoms with E-state index in [1.54, 1.807) is 31.2 Å². The van der Waals surface area contributed by atoms with E-state index < -0.39 is 15.9 Å². The number of aromatic nitrogens is 2. The third kappa shape index (κ3) is 4.69. The van der Waals surface area contributed by atoms with Gasteiger partial charge in [0.05, 0.1) is 21.5 Å². The van der Waals surface area contributed by atoms with Gasteiger partial charge in [-0.1, -0.05) is 30.3 Å². The Morgan fingerprint density at radius 2 is 1.56 bits per heavy atom. The van der Waals surface area contributed by atoms with Crippen molar-refractivity contribution in [1.82, 2.24) is 9.55 Å². The van der Waals surface area contributed by atoms with Gasteiger partial charge < -0.3 is 5.32 Å². The first-order valence-electron chi connectivity index (χ1n) is 10.6. The van der Waals surface area contributed by atoms with E-state index in [0.29, 0.717) is 28.1 Å². The van der Waals surface area contributed by atoms with Crippen LogP contribution >= 0.6 is 0 Å². The predicted molar refractivity (Wildman–Crippen MR) is 133 cm³/mol. The summed E-state index contributed by atoms with van der Waals surface area (Å²) in [5.41, 5.74) is 2.88. The average Bonchev–Trinajstić information content (AvgIpc) is 2.79. The smallest absolute Gasteiger partial charge is 0.261 e. The fraction of sp³-hybridized carbons (Fsp3) is 0.160. The molecular formula is C25H24N4O4S. The Morgan fingerprint density at radius 3 is 2.24 bits per heavy atom. The number of aryl methyl sites for hydroxylation is 3. The summed E-state index contributed by atoms with van der Waals surface area (Å²) in [6, 6.07) is 18.3. The van der Waals surface area contributed by atoms with Crippen LogP contribution in [0, 0.1) is 20.8 Å². The summed E-state index contributed by atoms with van der Waals surface area (Å²) in [5, 5.41) is 3.13. The topological polar surface area (TPSA) is 110 Å². The van der Waals surface area contributed by atoms with Crippen LogP contribution in [0.3, 0.4) is 0 Å². The molecule has 9 heteroatoms. The Hall–Kier alpha value is -3.98. The van der Waals surface area contributed by atoms with Gasteiger partial charge in [0.25, 0.3) is 15.6 Å². The van der Waals surface area contributed by atoms with Crippen LogP contribution < -0.4 is 15.6 Å². The first kappa shape index (κ1) is 23.2. The molecule has 4 aromatic rings. The van der Waals surface area contributed by atoms with Gasteiger partial charge in [-0.25, -0.2) is 13.4 Å². The highest BCUT2D eigenvalue weighted by Crippen LogP contribution is 2.24. The average molecular weight is 477 g/mol. The van der Waals surface area contributed by atoms with Crippen LogP contribution in [0.1, 0.15) is 17.0 Å². The van der Waals surface area contributed by atoms with Crippen molar-refractivity contribution >= 4 is 38.2 Å². The van der Waals surface area contributed by atoms with Crippen molar-refractivity contribution in [2.75, 3.05) is 10.0 Å². The summed E-state index contributed by atoms with van der Waals surface area (Å²) in [6.45, 7) is 5.13. The lowest BCUT2D eigenvalue weighted by molar-refractivity contribution is -0.116. The maximum Gasteiger partial charge on any atom is 0.261 e. The van der Waals surface area contributed by atoms with E-state index in [9.17, 15) is 18.0 Å². The zero-order valence-electron chi connectivity index (χ0n) is 19.0. The Balaban J connectivity index is 1.49. The third-order valence-electron chi connectivity index (χ3n) is 5.52. The largest absolute Gasteiger partial charge is 0.325 e. The van der Waals surface area contributed by atoms with Crippen molar-refractivity contribution < 1.29 is 13.2 Å². The monoisotopic (exact) mass is 476 g/mol. The van der Waals surface area contributed by atoms with Crippen LogP contribution in [0.25, 0.3) is 10.9 Å². The lowest BCUT2D eigenvalue weighted by Gasteiger charge is -2.14. The van der Waals surface area contributed by atoms with Gasteiger partial charge in [-0.2, -0.15) is 0 Å². The highest BCUT2D eigenvalue weighted by atomic mass is 32.2. The van der Waals surface area contributed by atoms with Gasteiger partial charge in [0.1, 0.15) is 12.4 Å². The number of para-hydroxylation sites is 2. The van der Waals surface area contributed by atoms with Gasteiger partial charge in [-0.3, -0.25) is 18.9 Å². The van der Waals surface area contributed by atoms with Crippen LogP contribution in [0.15, 0.2) is 76.4 Å². The quantitative estimate of drug-likeness (QED) is 0.440. The van der Waals surface area contributed by atoms with Crippen molar-refractivity contribution in [3.8, 4) is 0 Å². The summed E-state index contributed by atoms with van der Waals surface area (Å²) in [6.07, 6.45) is 0. The fourth-order valence-electron chi connectivity index (χ4n) is 3.70. The zero-order chi connectivity index (χ0) is 24.5. The van der Waals surface area contributed by atoms with Gasteiger partial charge in [-0.15, -0.1) is 0 Å². The zero-order valence-corrected chi connectivity index (χ0v) is 19.8. The van der Waals surface area contributed by atoms with E-state index >= 15 is 0 Å². The molecule has 174 valence electrons. The number of rotatable bonds is 6. The highest BCUT2D eigenvalue weighted by molar-refractivity contribution is 7.92. The summed E-state index contributed by atoms with van der Waals surface area (Å²) in [7, 11) is -3.80. The van der Waals surface area contributed by atoms with E-state index in [-0.39, 0.29) is 17.0 Å². The molecule has 0 saturated carbocycles. The van der Waals surface area contributed by atoms with Gasteiger partial charge in [0.15, 0.2) is 0 Å². The Kier molecular flexibility index (Phi) is 6.21. The number of nitrogens with zero attached hydrogens (tertiary/aromatic N) is 2. The standard InChI is InChI=1S/C25H24N4O4S/c1-16-7-6-8-17(2)24(16)28-34(32,33)20-13-11-19(12-14-20)27-23(30)15-29-18(3)26-22-10-5-4-9-21(22)25(29)31/h4-14,28H,15H2,1-3H3,(H,27,30). The number of carbonyl (C=O) groups excluding carboxylic acids is 1. The molecule has 2 N–H and O–H groups in total. The molecule has 8 nitrogen and oxygen atoms in total. The molecule has 34 heavy (non-hydrogen) atoms. The number of sulfonamides is 1. The number of nitrogens with one attached hydrogen (secondary N) is 2. The van der Waals surface area contributed by atoms with Crippen LogP contribution in [-0.2, 0) is 21.4 Å². The van der Waals surface area contributed by atoms with Gasteiger partial charge in [0, 0.05) is 5.69 Å². The highest BCUT2D eigenvalue weighted by Gasteiger charge is 2.17. The maximum absolute atomic E-state index is 12.8. The fourth-order valence-corrected chi connectivity index (χ4v) is 4.90. The van der Waals surface area contributed by atoms with E-state index in [1.165, 1.54) is 28.8 Å². The lowest BCUT2D eigenvalue weighted by atomic mass is 10.1. The second-order valence-corrected chi connectivity index (χ2v) is 9.69. The molecule has 0 aliphatic carbocycles. The molecule has 4 rings (SSSR count). The minimum absolute atomic E-state index is 0.0685. The molecule has 3 aromatic carbocycles. The molecule has 0 atom stereocenters. The Labute approximate surface area is 197 Å². The minimum atomic E-state index is -3.80. The van der Waals surface area contributed by atoms with Crippen molar-refractivity contribution in [2.24, 2.45) is 0 Å². The summed E-state index contributed by atoms with van der Waals surface area (Å²) >= 11 is 0. The Bertz CT molecular complexity index is 1540. The summed E-state index contributed by atoms with van der Waals surface area (Å²) in [4.78, 5) is 29.8. The van der Waals surface area contributed by atoms with E-state index in [1.807, 2.05) is 32.0 Å². The molecular weight excluding hydrogens is 452 g/mol. The van der Waals surface area contributed by atoms with Gasteiger partial charge in [0.2, 0.25) is 5.91 Å². The maximum atomic E-state index is 12.8. The van der Waals surface area contributed by atoms with E-state index in [2.05, 4.69) is 15.0 Å². The molecule has 0 bridgehead atoms. The van der Waals surface area contributed by atoms with Crippen LogP contribution in [0.5, 0.6) is 0 Å². The first-order chi connectivity index (χ1) is 16.2. The van der Waals surface area contributed by atoms with Crippen molar-refractivity contribution in [1.29, 1.82) is 0 Å². The second-order valence-electron chi connectivity index (χ2n) is 8.01. The first-order valence-corrected chi connectivity index (χ1v) is 12.1. The number of hydrogen-bond acceptors (Lipinski definition) is 5. The van der Waals surface area contributed by atoms with Gasteiger partial charge in [-0.05, 0) is 68.3 Å². The molecule has 0 spiro atoms. The lowest BCUT2D eigenvalue weighted by Crippen LogP contribution is -2.30. The molecule has 0 radical (unpaired) electrons. The van der Waals surface area contributed by atoms with Crippen LogP contribution in [0.4, 0.5) is 11.4 Å².